The summed E-state index contributed by atoms with van der Waals surface area (Å²) in [4.78, 5) is 41.0. The van der Waals surface area contributed by atoms with Crippen molar-refractivity contribution in [2.24, 2.45) is 0 Å². The van der Waals surface area contributed by atoms with Gasteiger partial charge in [-0.1, -0.05) is 18.2 Å². The molecule has 0 aliphatic carbocycles. The summed E-state index contributed by atoms with van der Waals surface area (Å²) in [7, 11) is 0. The van der Waals surface area contributed by atoms with Gasteiger partial charge in [-0.2, -0.15) is 8.78 Å². The van der Waals surface area contributed by atoms with E-state index in [0.717, 1.165) is 10.9 Å². The Morgan fingerprint density at radius 3 is 2.39 bits per heavy atom. The molecule has 0 saturated carbocycles. The third kappa shape index (κ3) is 5.19. The second-order valence-corrected chi connectivity index (χ2v) is 6.57. The zero-order chi connectivity index (χ0) is 22.5. The second kappa shape index (κ2) is 9.29. The molecule has 0 fully saturated rings. The molecule has 31 heavy (non-hydrogen) atoms. The topological polar surface area (TPSA) is 94.6 Å². The molecular weight excluding hydrogens is 410 g/mol. The van der Waals surface area contributed by atoms with E-state index in [1.807, 2.05) is 24.3 Å². The number of imide groups is 1. The normalized spacial score (nSPS) is 10.7. The molecule has 1 aromatic heterocycles. The Bertz CT molecular complexity index is 1150. The number of esters is 1. The number of nitrogens with one attached hydrogen (secondary N) is 1. The molecule has 0 aliphatic rings. The summed E-state index contributed by atoms with van der Waals surface area (Å²) in [6.07, 6.45) is 0. The maximum absolute atomic E-state index is 12.5. The lowest BCUT2D eigenvalue weighted by molar-refractivity contribution is -0.123. The molecule has 0 spiro atoms. The van der Waals surface area contributed by atoms with Crippen LogP contribution in [0.15, 0.2) is 48.5 Å². The lowest BCUT2D eigenvalue weighted by atomic mass is 10.0. The van der Waals surface area contributed by atoms with Gasteiger partial charge < -0.3 is 9.47 Å². The van der Waals surface area contributed by atoms with Gasteiger partial charge in [0.15, 0.2) is 6.61 Å². The van der Waals surface area contributed by atoms with Gasteiger partial charge >= 0.3 is 12.6 Å². The van der Waals surface area contributed by atoms with Crippen molar-refractivity contribution in [2.75, 3.05) is 6.61 Å². The van der Waals surface area contributed by atoms with E-state index < -0.39 is 31.0 Å². The summed E-state index contributed by atoms with van der Waals surface area (Å²) in [5.41, 5.74) is 2.18. The van der Waals surface area contributed by atoms with Crippen LogP contribution in [0.2, 0.25) is 0 Å². The average molecular weight is 428 g/mol. The SMILES string of the molecule is Cc1nc2ccccc2c(C)c1C(=O)OCC(=O)NC(=O)c1ccc(OC(F)F)cc1. The molecule has 0 aliphatic heterocycles. The molecule has 0 bridgehead atoms. The standard InChI is InChI=1S/C22H18F2N2O5/c1-12-16-5-3-4-6-17(16)25-13(2)19(12)21(29)30-11-18(27)26-20(28)14-7-9-15(10-8-14)31-22(23)24/h3-10,22H,11H2,1-2H3,(H,26,27,28). The van der Waals surface area contributed by atoms with E-state index in [2.05, 4.69) is 15.0 Å². The zero-order valence-corrected chi connectivity index (χ0v) is 16.6. The number of nitrogens with zero attached hydrogens (tertiary/aromatic N) is 1. The predicted molar refractivity (Wildman–Crippen MR) is 107 cm³/mol. The molecule has 0 radical (unpaired) electrons. The molecular formula is C22H18F2N2O5. The first kappa shape index (κ1) is 21.8. The highest BCUT2D eigenvalue weighted by molar-refractivity contribution is 6.06. The van der Waals surface area contributed by atoms with Crippen molar-refractivity contribution in [2.45, 2.75) is 20.5 Å². The summed E-state index contributed by atoms with van der Waals surface area (Å²) in [5, 5.41) is 2.85. The van der Waals surface area contributed by atoms with Crippen LogP contribution in [-0.2, 0) is 9.53 Å². The highest BCUT2D eigenvalue weighted by Gasteiger charge is 2.19. The Balaban J connectivity index is 1.61. The van der Waals surface area contributed by atoms with Crippen molar-refractivity contribution in [3.05, 3.63) is 70.9 Å². The number of benzene rings is 2. The summed E-state index contributed by atoms with van der Waals surface area (Å²) < 4.78 is 33.6. The number of halogens is 2. The average Bonchev–Trinajstić information content (AvgIpc) is 2.72. The van der Waals surface area contributed by atoms with Crippen LogP contribution in [0.1, 0.15) is 32.0 Å². The number of ether oxygens (including phenoxy) is 2. The third-order valence-electron chi connectivity index (χ3n) is 4.47. The molecule has 0 unspecified atom stereocenters. The van der Waals surface area contributed by atoms with E-state index >= 15 is 0 Å². The van der Waals surface area contributed by atoms with Crippen molar-refractivity contribution in [1.82, 2.24) is 10.3 Å². The molecule has 0 saturated heterocycles. The Morgan fingerprint density at radius 1 is 1.03 bits per heavy atom. The maximum atomic E-state index is 12.5. The minimum atomic E-state index is -2.99. The third-order valence-corrected chi connectivity index (χ3v) is 4.47. The van der Waals surface area contributed by atoms with Crippen LogP contribution in [0.4, 0.5) is 8.78 Å². The smallest absolute Gasteiger partial charge is 0.387 e. The number of pyridine rings is 1. The van der Waals surface area contributed by atoms with Gasteiger partial charge in [0.25, 0.3) is 11.8 Å². The van der Waals surface area contributed by atoms with Crippen LogP contribution in [-0.4, -0.2) is 36.0 Å². The molecule has 0 atom stereocenters. The van der Waals surface area contributed by atoms with Gasteiger partial charge in [0, 0.05) is 10.9 Å². The number of hydrogen-bond acceptors (Lipinski definition) is 6. The van der Waals surface area contributed by atoms with Gasteiger partial charge in [-0.05, 0) is 49.7 Å². The summed E-state index contributed by atoms with van der Waals surface area (Å²) in [6.45, 7) is -0.233. The number of amides is 2. The minimum absolute atomic E-state index is 0.0479. The first-order chi connectivity index (χ1) is 14.8. The predicted octanol–water partition coefficient (Wildman–Crippen LogP) is 3.57. The van der Waals surface area contributed by atoms with Gasteiger partial charge in [0.2, 0.25) is 0 Å². The Hall–Kier alpha value is -3.88. The molecule has 3 rings (SSSR count). The fourth-order valence-electron chi connectivity index (χ4n) is 3.06. The molecule has 160 valence electrons. The van der Waals surface area contributed by atoms with E-state index in [4.69, 9.17) is 4.74 Å². The van der Waals surface area contributed by atoms with E-state index in [1.54, 1.807) is 13.8 Å². The van der Waals surface area contributed by atoms with Gasteiger partial charge in [0.1, 0.15) is 5.75 Å². The number of para-hydroxylation sites is 1. The number of carbonyl (C=O) groups is 3. The highest BCUT2D eigenvalue weighted by atomic mass is 19.3. The van der Waals surface area contributed by atoms with E-state index in [-0.39, 0.29) is 16.9 Å². The first-order valence-corrected chi connectivity index (χ1v) is 9.18. The van der Waals surface area contributed by atoms with Gasteiger partial charge in [-0.15, -0.1) is 0 Å². The van der Waals surface area contributed by atoms with Crippen LogP contribution < -0.4 is 10.1 Å². The van der Waals surface area contributed by atoms with Crippen LogP contribution in [0.5, 0.6) is 5.75 Å². The van der Waals surface area contributed by atoms with Crippen molar-refractivity contribution >= 4 is 28.7 Å². The van der Waals surface area contributed by atoms with Crippen LogP contribution in [0.3, 0.4) is 0 Å². The lowest BCUT2D eigenvalue weighted by Gasteiger charge is -2.12. The van der Waals surface area contributed by atoms with Crippen LogP contribution in [0.25, 0.3) is 10.9 Å². The number of alkyl halides is 2. The van der Waals surface area contributed by atoms with Crippen molar-refractivity contribution in [3.63, 3.8) is 0 Å². The van der Waals surface area contributed by atoms with Crippen molar-refractivity contribution in [3.8, 4) is 5.75 Å². The molecule has 3 aromatic rings. The largest absolute Gasteiger partial charge is 0.452 e. The number of aromatic nitrogens is 1. The fraction of sp³-hybridized carbons (Fsp3) is 0.182. The minimum Gasteiger partial charge on any atom is -0.452 e. The molecule has 2 amide bonds. The van der Waals surface area contributed by atoms with E-state index in [1.165, 1.54) is 24.3 Å². The van der Waals surface area contributed by atoms with E-state index in [9.17, 15) is 23.2 Å². The summed E-state index contributed by atoms with van der Waals surface area (Å²) >= 11 is 0. The lowest BCUT2D eigenvalue weighted by Crippen LogP contribution is -2.34. The Morgan fingerprint density at radius 2 is 1.71 bits per heavy atom. The Kier molecular flexibility index (Phi) is 6.54. The zero-order valence-electron chi connectivity index (χ0n) is 16.6. The van der Waals surface area contributed by atoms with Crippen LogP contribution >= 0.6 is 0 Å². The summed E-state index contributed by atoms with van der Waals surface area (Å²) in [6, 6.07) is 12.1. The molecule has 2 aromatic carbocycles. The Labute approximate surface area is 176 Å². The highest BCUT2D eigenvalue weighted by Crippen LogP contribution is 2.23. The van der Waals surface area contributed by atoms with Gasteiger partial charge in [-0.3, -0.25) is 19.9 Å². The molecule has 7 nitrogen and oxygen atoms in total. The number of carbonyl (C=O) groups excluding carboxylic acids is 3. The number of rotatable bonds is 6. The molecule has 1 N–H and O–H groups in total. The monoisotopic (exact) mass is 428 g/mol. The fourth-order valence-corrected chi connectivity index (χ4v) is 3.06. The molecule has 9 heteroatoms. The van der Waals surface area contributed by atoms with Gasteiger partial charge in [0.05, 0.1) is 16.8 Å². The van der Waals surface area contributed by atoms with Gasteiger partial charge in [-0.25, -0.2) is 4.79 Å². The summed E-state index contributed by atoms with van der Waals surface area (Å²) in [5.74, 6) is -2.47. The number of hydrogen-bond donors (Lipinski definition) is 1. The second-order valence-electron chi connectivity index (χ2n) is 6.57. The maximum Gasteiger partial charge on any atom is 0.387 e. The number of aryl methyl sites for hydroxylation is 2. The number of fused-ring (bicyclic) bond motifs is 1. The van der Waals surface area contributed by atoms with Crippen LogP contribution in [0, 0.1) is 13.8 Å². The van der Waals surface area contributed by atoms with Crippen molar-refractivity contribution in [1.29, 1.82) is 0 Å². The van der Waals surface area contributed by atoms with Crippen molar-refractivity contribution < 1.29 is 32.6 Å². The first-order valence-electron chi connectivity index (χ1n) is 9.18. The quantitative estimate of drug-likeness (QED) is 0.604. The molecule has 1 heterocycles. The van der Waals surface area contributed by atoms with E-state index in [0.29, 0.717) is 11.3 Å².